The van der Waals surface area contributed by atoms with E-state index < -0.39 is 0 Å². The van der Waals surface area contributed by atoms with Gasteiger partial charge in [0.2, 0.25) is 6.79 Å². The number of benzene rings is 2. The first-order valence-corrected chi connectivity index (χ1v) is 8.57. The first kappa shape index (κ1) is 17.3. The molecule has 0 spiro atoms. The molecule has 4 rings (SSSR count). The number of anilines is 1. The predicted octanol–water partition coefficient (Wildman–Crippen LogP) is 2.23. The molecular formula is C19H19FN2O5. The van der Waals surface area contributed by atoms with Crippen LogP contribution in [-0.4, -0.2) is 56.0 Å². The van der Waals surface area contributed by atoms with E-state index in [4.69, 9.17) is 14.2 Å². The van der Waals surface area contributed by atoms with Gasteiger partial charge in [0.1, 0.15) is 17.3 Å². The number of hydrogen-bond donors (Lipinski definition) is 1. The van der Waals surface area contributed by atoms with E-state index >= 15 is 0 Å². The summed E-state index contributed by atoms with van der Waals surface area (Å²) in [6.07, 6.45) is 0. The van der Waals surface area contributed by atoms with Crippen LogP contribution in [0.25, 0.3) is 0 Å². The van der Waals surface area contributed by atoms with Crippen molar-refractivity contribution in [1.29, 1.82) is 0 Å². The molecule has 0 radical (unpaired) electrons. The minimum absolute atomic E-state index is 0.0740. The van der Waals surface area contributed by atoms with Crippen molar-refractivity contribution >= 4 is 11.6 Å². The quantitative estimate of drug-likeness (QED) is 0.889. The van der Waals surface area contributed by atoms with Crippen molar-refractivity contribution in [3.63, 3.8) is 0 Å². The number of ether oxygens (including phenoxy) is 3. The van der Waals surface area contributed by atoms with Gasteiger partial charge >= 0.3 is 0 Å². The zero-order valence-corrected chi connectivity index (χ0v) is 14.8. The second-order valence-corrected chi connectivity index (χ2v) is 6.32. The van der Waals surface area contributed by atoms with E-state index in [9.17, 15) is 14.3 Å². The highest BCUT2D eigenvalue weighted by atomic mass is 19.1. The molecule has 8 heteroatoms. The van der Waals surface area contributed by atoms with Crippen LogP contribution in [0, 0.1) is 5.82 Å². The molecule has 27 heavy (non-hydrogen) atoms. The molecule has 2 aromatic rings. The molecule has 1 N–H and O–H groups in total. The van der Waals surface area contributed by atoms with Gasteiger partial charge in [-0.1, -0.05) is 0 Å². The number of carbonyl (C=O) groups excluding carboxylic acids is 1. The smallest absolute Gasteiger partial charge is 0.257 e. The summed E-state index contributed by atoms with van der Waals surface area (Å²) in [5, 5.41) is 10.2. The zero-order chi connectivity index (χ0) is 19.0. The van der Waals surface area contributed by atoms with Crippen molar-refractivity contribution in [3.05, 3.63) is 41.7 Å². The molecule has 2 aliphatic heterocycles. The first-order chi connectivity index (χ1) is 13.1. The molecule has 0 bridgehead atoms. The fourth-order valence-electron chi connectivity index (χ4n) is 3.34. The molecule has 1 saturated heterocycles. The van der Waals surface area contributed by atoms with Gasteiger partial charge in [-0.2, -0.15) is 0 Å². The number of piperazine rings is 1. The van der Waals surface area contributed by atoms with Crippen LogP contribution in [0.3, 0.4) is 0 Å². The van der Waals surface area contributed by atoms with E-state index in [1.165, 1.54) is 31.4 Å². The molecule has 2 aliphatic rings. The molecule has 1 amide bonds. The van der Waals surface area contributed by atoms with E-state index in [0.29, 0.717) is 43.4 Å². The average molecular weight is 374 g/mol. The second kappa shape index (κ2) is 6.86. The number of halogens is 1. The monoisotopic (exact) mass is 374 g/mol. The standard InChI is InChI=1S/C19H19FN2O5/c1-25-16-8-12(20)2-3-14(16)21-4-6-22(7-5-21)19(24)13-9-17-18(10-15(13)23)27-11-26-17/h2-3,8-10,23H,4-7,11H2,1H3. The van der Waals surface area contributed by atoms with Crippen LogP contribution in [0.1, 0.15) is 10.4 Å². The van der Waals surface area contributed by atoms with Gasteiger partial charge in [-0.05, 0) is 12.1 Å². The van der Waals surface area contributed by atoms with Crippen LogP contribution in [0.5, 0.6) is 23.0 Å². The van der Waals surface area contributed by atoms with Crippen molar-refractivity contribution in [2.45, 2.75) is 0 Å². The Hall–Kier alpha value is -3.16. The molecule has 2 heterocycles. The summed E-state index contributed by atoms with van der Waals surface area (Å²) in [6, 6.07) is 7.32. The number of methoxy groups -OCH3 is 1. The first-order valence-electron chi connectivity index (χ1n) is 8.57. The molecule has 7 nitrogen and oxygen atoms in total. The molecule has 0 aromatic heterocycles. The molecule has 1 fully saturated rings. The number of amides is 1. The van der Waals surface area contributed by atoms with E-state index in [1.54, 1.807) is 11.0 Å². The van der Waals surface area contributed by atoms with Crippen LogP contribution < -0.4 is 19.1 Å². The number of phenolic OH excluding ortho intramolecular Hbond substituents is 1. The maximum absolute atomic E-state index is 13.4. The Balaban J connectivity index is 1.47. The highest BCUT2D eigenvalue weighted by Crippen LogP contribution is 2.38. The highest BCUT2D eigenvalue weighted by Gasteiger charge is 2.27. The van der Waals surface area contributed by atoms with Gasteiger partial charge in [0.15, 0.2) is 11.5 Å². The van der Waals surface area contributed by atoms with Gasteiger partial charge in [0.05, 0.1) is 18.4 Å². The van der Waals surface area contributed by atoms with Crippen LogP contribution in [0.15, 0.2) is 30.3 Å². The number of hydrogen-bond acceptors (Lipinski definition) is 6. The van der Waals surface area contributed by atoms with E-state index in [-0.39, 0.29) is 29.8 Å². The minimum Gasteiger partial charge on any atom is -0.507 e. The second-order valence-electron chi connectivity index (χ2n) is 6.32. The summed E-state index contributed by atoms with van der Waals surface area (Å²) in [7, 11) is 1.50. The lowest BCUT2D eigenvalue weighted by molar-refractivity contribution is 0.0743. The minimum atomic E-state index is -0.359. The predicted molar refractivity (Wildman–Crippen MR) is 95.3 cm³/mol. The Labute approximate surface area is 155 Å². The third-order valence-corrected chi connectivity index (χ3v) is 4.77. The lowest BCUT2D eigenvalue weighted by Crippen LogP contribution is -2.48. The SMILES string of the molecule is COc1cc(F)ccc1N1CCN(C(=O)c2cc3c(cc2O)OCO3)CC1. The molecule has 0 atom stereocenters. The van der Waals surface area contributed by atoms with E-state index in [2.05, 4.69) is 0 Å². The number of rotatable bonds is 3. The molecule has 142 valence electrons. The largest absolute Gasteiger partial charge is 0.507 e. The number of aromatic hydroxyl groups is 1. The third kappa shape index (κ3) is 3.18. The van der Waals surface area contributed by atoms with Gasteiger partial charge < -0.3 is 29.1 Å². The highest BCUT2D eigenvalue weighted by molar-refractivity contribution is 5.98. The summed E-state index contributed by atoms with van der Waals surface area (Å²) in [5.41, 5.74) is 0.976. The number of fused-ring (bicyclic) bond motifs is 1. The number of phenols is 1. The molecule has 0 aliphatic carbocycles. The maximum atomic E-state index is 13.4. The zero-order valence-electron chi connectivity index (χ0n) is 14.8. The van der Waals surface area contributed by atoms with Crippen molar-refractivity contribution < 1.29 is 28.5 Å². The summed E-state index contributed by atoms with van der Waals surface area (Å²) >= 11 is 0. The topological polar surface area (TPSA) is 71.5 Å². The molecule has 2 aromatic carbocycles. The Morgan fingerprint density at radius 1 is 1.11 bits per heavy atom. The molecule has 0 saturated carbocycles. The lowest BCUT2D eigenvalue weighted by atomic mass is 10.1. The number of carbonyl (C=O) groups is 1. The van der Waals surface area contributed by atoms with E-state index in [0.717, 1.165) is 5.69 Å². The van der Waals surface area contributed by atoms with Crippen molar-refractivity contribution in [2.75, 3.05) is 45.0 Å². The fraction of sp³-hybridized carbons (Fsp3) is 0.316. The van der Waals surface area contributed by atoms with Crippen molar-refractivity contribution in [3.8, 4) is 23.0 Å². The summed E-state index contributed by atoms with van der Waals surface area (Å²) in [5.74, 6) is 0.581. The van der Waals surface area contributed by atoms with Crippen LogP contribution in [0.2, 0.25) is 0 Å². The van der Waals surface area contributed by atoms with Crippen molar-refractivity contribution in [1.82, 2.24) is 4.90 Å². The Bertz CT molecular complexity index is 881. The third-order valence-electron chi connectivity index (χ3n) is 4.77. The van der Waals surface area contributed by atoms with Crippen LogP contribution >= 0.6 is 0 Å². The van der Waals surface area contributed by atoms with Gasteiger partial charge in [-0.3, -0.25) is 4.79 Å². The lowest BCUT2D eigenvalue weighted by Gasteiger charge is -2.36. The van der Waals surface area contributed by atoms with Gasteiger partial charge in [-0.25, -0.2) is 4.39 Å². The van der Waals surface area contributed by atoms with Gasteiger partial charge in [-0.15, -0.1) is 0 Å². The summed E-state index contributed by atoms with van der Waals surface area (Å²) < 4.78 is 29.1. The fourth-order valence-corrected chi connectivity index (χ4v) is 3.34. The molecular weight excluding hydrogens is 355 g/mol. The Morgan fingerprint density at radius 2 is 1.81 bits per heavy atom. The summed E-state index contributed by atoms with van der Waals surface area (Å²) in [4.78, 5) is 16.5. The Morgan fingerprint density at radius 3 is 2.52 bits per heavy atom. The number of nitrogens with zero attached hydrogens (tertiary/aromatic N) is 2. The van der Waals surface area contributed by atoms with Crippen LogP contribution in [0.4, 0.5) is 10.1 Å². The van der Waals surface area contributed by atoms with Crippen LogP contribution in [-0.2, 0) is 0 Å². The molecule has 0 unspecified atom stereocenters. The average Bonchev–Trinajstić information content (AvgIpc) is 3.14. The Kier molecular flexibility index (Phi) is 4.39. The van der Waals surface area contributed by atoms with Gasteiger partial charge in [0.25, 0.3) is 5.91 Å². The van der Waals surface area contributed by atoms with Crippen molar-refractivity contribution in [2.24, 2.45) is 0 Å². The normalized spacial score (nSPS) is 15.8. The van der Waals surface area contributed by atoms with Gasteiger partial charge in [0, 0.05) is 44.4 Å². The summed E-state index contributed by atoms with van der Waals surface area (Å²) in [6.45, 7) is 2.14. The maximum Gasteiger partial charge on any atom is 0.257 e. The van der Waals surface area contributed by atoms with E-state index in [1.807, 2.05) is 4.90 Å².